The third-order valence-electron chi connectivity index (χ3n) is 11.8. The zero-order chi connectivity index (χ0) is 44.4. The molecule has 1 fully saturated rings. The van der Waals surface area contributed by atoms with Gasteiger partial charge in [0.05, 0.1) is 45.2 Å². The molecule has 0 unspecified atom stereocenters. The minimum absolute atomic E-state index is 0.0439. The molecule has 0 bridgehead atoms. The van der Waals surface area contributed by atoms with Crippen LogP contribution in [0.4, 0.5) is 17.5 Å². The number of anilines is 2. The molecule has 3 N–H and O–H groups in total. The number of carbonyl (C=O) groups is 2. The van der Waals surface area contributed by atoms with Gasteiger partial charge in [0.25, 0.3) is 0 Å². The van der Waals surface area contributed by atoms with E-state index in [1.807, 2.05) is 24.0 Å². The van der Waals surface area contributed by atoms with Crippen molar-refractivity contribution in [1.29, 1.82) is 0 Å². The molecule has 1 saturated heterocycles. The molecule has 16 heteroatoms. The number of fused-ring (bicyclic) bond motifs is 1. The first-order valence-electron chi connectivity index (χ1n) is 23.6. The van der Waals surface area contributed by atoms with Crippen molar-refractivity contribution in [3.05, 3.63) is 34.3 Å². The van der Waals surface area contributed by atoms with E-state index in [0.717, 1.165) is 43.4 Å². The fourth-order valence-corrected chi connectivity index (χ4v) is 8.18. The monoisotopic (exact) mass is 862 g/mol. The number of carbonyl (C=O) groups excluding carboxylic acids is 2. The number of methoxy groups -OCH3 is 2. The van der Waals surface area contributed by atoms with Crippen molar-refractivity contribution in [3.8, 4) is 11.5 Å². The van der Waals surface area contributed by atoms with Crippen molar-refractivity contribution in [2.75, 3.05) is 63.8 Å². The quantitative estimate of drug-likeness (QED) is 0.0235. The van der Waals surface area contributed by atoms with E-state index in [1.54, 1.807) is 25.1 Å². The molecule has 2 amide bonds. The first-order valence-corrected chi connectivity index (χ1v) is 23.6. The summed E-state index contributed by atoms with van der Waals surface area (Å²) in [5.41, 5.74) is 11.7. The van der Waals surface area contributed by atoms with Gasteiger partial charge in [0.2, 0.25) is 17.8 Å². The molecule has 62 heavy (non-hydrogen) atoms. The lowest BCUT2D eigenvalue weighted by Crippen LogP contribution is -2.48. The summed E-state index contributed by atoms with van der Waals surface area (Å²) >= 11 is 0. The van der Waals surface area contributed by atoms with Gasteiger partial charge in [-0.2, -0.15) is 5.10 Å². The highest BCUT2D eigenvalue weighted by Crippen LogP contribution is 2.36. The van der Waals surface area contributed by atoms with E-state index in [1.165, 1.54) is 83.5 Å². The largest absolute Gasteiger partial charge is 0.496 e. The van der Waals surface area contributed by atoms with Crippen molar-refractivity contribution in [2.45, 2.75) is 161 Å². The Kier molecular flexibility index (Phi) is 23.1. The number of nitrogens with zero attached hydrogens (tertiary/aromatic N) is 9. The smallest absolute Gasteiger partial charge is 0.222 e. The van der Waals surface area contributed by atoms with E-state index in [4.69, 9.17) is 20.1 Å². The second kappa shape index (κ2) is 28.7. The highest BCUT2D eigenvalue weighted by molar-refractivity contribution is 5.86. The Morgan fingerprint density at radius 1 is 0.823 bits per heavy atom. The summed E-state index contributed by atoms with van der Waals surface area (Å²) in [6.45, 7) is 7.70. The molecule has 344 valence electrons. The second-order valence-corrected chi connectivity index (χ2v) is 16.6. The first kappa shape index (κ1) is 49.8. The third kappa shape index (κ3) is 16.8. The maximum absolute atomic E-state index is 13.1. The summed E-state index contributed by atoms with van der Waals surface area (Å²) in [5, 5.41) is 24.5. The fourth-order valence-electron chi connectivity index (χ4n) is 8.18. The lowest BCUT2D eigenvalue weighted by molar-refractivity contribution is -0.131. The van der Waals surface area contributed by atoms with Crippen LogP contribution in [0.1, 0.15) is 154 Å². The van der Waals surface area contributed by atoms with Crippen LogP contribution >= 0.6 is 0 Å². The van der Waals surface area contributed by atoms with Gasteiger partial charge in [-0.1, -0.05) is 110 Å². The minimum Gasteiger partial charge on any atom is -0.496 e. The number of aliphatic hydroxyl groups is 1. The molecule has 1 atom stereocenters. The molecule has 3 aromatic rings. The normalized spacial score (nSPS) is 13.2. The van der Waals surface area contributed by atoms with Gasteiger partial charge in [0, 0.05) is 68.3 Å². The van der Waals surface area contributed by atoms with Crippen LogP contribution in [0.5, 0.6) is 11.5 Å². The Morgan fingerprint density at radius 3 is 1.98 bits per heavy atom. The SMILES string of the molecule is CCCCCCCCCCCCCCCCCC(=O)NCCCCC(=O)N1CCN(c2cc(OC)c(Cn3cc4nc(N=[N+]=[N-])nc(N[C@H](CO)CCC)c4n3)c(OC)c2)CC1. The van der Waals surface area contributed by atoms with Crippen molar-refractivity contribution < 1.29 is 24.2 Å². The van der Waals surface area contributed by atoms with Crippen molar-refractivity contribution in [3.63, 3.8) is 0 Å². The van der Waals surface area contributed by atoms with E-state index in [9.17, 15) is 14.7 Å². The van der Waals surface area contributed by atoms with Gasteiger partial charge in [-0.05, 0) is 36.3 Å². The van der Waals surface area contributed by atoms with Gasteiger partial charge in [-0.15, -0.1) is 0 Å². The van der Waals surface area contributed by atoms with E-state index in [2.05, 4.69) is 42.5 Å². The van der Waals surface area contributed by atoms with Gasteiger partial charge in [-0.3, -0.25) is 14.3 Å². The third-order valence-corrected chi connectivity index (χ3v) is 11.8. The van der Waals surface area contributed by atoms with Crippen LogP contribution in [-0.2, 0) is 16.1 Å². The van der Waals surface area contributed by atoms with Gasteiger partial charge in [0.1, 0.15) is 17.0 Å². The van der Waals surface area contributed by atoms with Crippen LogP contribution < -0.4 is 25.0 Å². The standard InChI is InChI=1S/C46H75N11O5/c1-5-7-8-9-10-11-12-13-14-15-16-17-18-19-20-24-42(59)48-26-22-21-25-43(60)56-29-27-55(28-30-56)37-31-40(61-3)38(41(32-37)62-4)33-57-34-39-44(53-57)45(49-36(35-58)23-6-2)51-46(50-39)52-54-47/h31-32,34,36,58H,5-30,33,35H2,1-4H3,(H,48,59)(H,49,50,51)/t36-/m0/s1. The number of ether oxygens (including phenoxy) is 2. The van der Waals surface area contributed by atoms with E-state index >= 15 is 0 Å². The Labute approximate surface area is 369 Å². The summed E-state index contributed by atoms with van der Waals surface area (Å²) < 4.78 is 13.5. The number of rotatable bonds is 32. The van der Waals surface area contributed by atoms with Crippen molar-refractivity contribution in [2.24, 2.45) is 5.11 Å². The molecular formula is C46H75N11O5. The van der Waals surface area contributed by atoms with E-state index in [-0.39, 0.29) is 30.4 Å². The number of azide groups is 1. The van der Waals surface area contributed by atoms with Crippen molar-refractivity contribution >= 4 is 40.3 Å². The zero-order valence-corrected chi connectivity index (χ0v) is 38.2. The molecule has 4 rings (SSSR count). The average molecular weight is 862 g/mol. The van der Waals surface area contributed by atoms with Gasteiger partial charge < -0.3 is 35.0 Å². The Bertz CT molecular complexity index is 1800. The molecule has 0 saturated carbocycles. The van der Waals surface area contributed by atoms with Gasteiger partial charge in [0.15, 0.2) is 11.3 Å². The van der Waals surface area contributed by atoms with Crippen molar-refractivity contribution in [1.82, 2.24) is 30.0 Å². The second-order valence-electron chi connectivity index (χ2n) is 16.6. The summed E-state index contributed by atoms with van der Waals surface area (Å²) in [4.78, 5) is 41.2. The molecular weight excluding hydrogens is 787 g/mol. The van der Waals surface area contributed by atoms with E-state index in [0.29, 0.717) is 86.9 Å². The Balaban J connectivity index is 1.14. The number of aromatic nitrogens is 4. The molecule has 16 nitrogen and oxygen atoms in total. The fraction of sp³-hybridized carbons (Fsp3) is 0.717. The van der Waals surface area contributed by atoms with Crippen LogP contribution in [-0.4, -0.2) is 101 Å². The van der Waals surface area contributed by atoms with Gasteiger partial charge >= 0.3 is 0 Å². The molecule has 2 aromatic heterocycles. The van der Waals surface area contributed by atoms with Crippen LogP contribution in [0.25, 0.3) is 21.5 Å². The maximum atomic E-state index is 13.1. The number of unbranched alkanes of at least 4 members (excludes halogenated alkanes) is 15. The number of nitrogens with one attached hydrogen (secondary N) is 2. The van der Waals surface area contributed by atoms with Crippen LogP contribution in [0.15, 0.2) is 23.4 Å². The summed E-state index contributed by atoms with van der Waals surface area (Å²) in [7, 11) is 3.24. The lowest BCUT2D eigenvalue weighted by Gasteiger charge is -2.36. The van der Waals surface area contributed by atoms with Gasteiger partial charge in [-0.25, -0.2) is 9.97 Å². The summed E-state index contributed by atoms with van der Waals surface area (Å²) in [5.74, 6) is 1.86. The Morgan fingerprint density at radius 2 is 1.42 bits per heavy atom. The summed E-state index contributed by atoms with van der Waals surface area (Å²) in [6, 6.07) is 3.71. The number of aliphatic hydroxyl groups excluding tert-OH is 1. The summed E-state index contributed by atoms with van der Waals surface area (Å²) in [6.07, 6.45) is 25.6. The molecule has 3 heterocycles. The molecule has 0 radical (unpaired) electrons. The van der Waals surface area contributed by atoms with Crippen LogP contribution in [0.2, 0.25) is 0 Å². The molecule has 1 aliphatic rings. The molecule has 0 spiro atoms. The Hall–Kier alpha value is -4.82. The highest BCUT2D eigenvalue weighted by Gasteiger charge is 2.24. The lowest BCUT2D eigenvalue weighted by atomic mass is 10.0. The zero-order valence-electron chi connectivity index (χ0n) is 38.2. The highest BCUT2D eigenvalue weighted by atomic mass is 16.5. The number of hydrogen-bond acceptors (Lipinski definition) is 11. The number of hydrogen-bond donors (Lipinski definition) is 3. The minimum atomic E-state index is -0.251. The first-order chi connectivity index (χ1) is 30.3. The average Bonchev–Trinajstić information content (AvgIpc) is 3.70. The van der Waals surface area contributed by atoms with Crippen LogP contribution in [0, 0.1) is 0 Å². The van der Waals surface area contributed by atoms with Crippen LogP contribution in [0.3, 0.4) is 0 Å². The predicted octanol–water partition coefficient (Wildman–Crippen LogP) is 9.60. The van der Waals surface area contributed by atoms with E-state index < -0.39 is 0 Å². The molecule has 1 aromatic carbocycles. The topological polar surface area (TPSA) is 196 Å². The molecule has 0 aliphatic carbocycles. The maximum Gasteiger partial charge on any atom is 0.222 e. The number of piperazine rings is 1. The number of amides is 2. The molecule has 1 aliphatic heterocycles. The number of benzene rings is 1. The predicted molar refractivity (Wildman–Crippen MR) is 247 cm³/mol.